The molecule has 18 heteroatoms. The smallest absolute Gasteiger partial charge is 0.324 e. The first-order valence-corrected chi connectivity index (χ1v) is 20.8. The Labute approximate surface area is 336 Å². The molecule has 0 spiro atoms. The third-order valence-electron chi connectivity index (χ3n) is 11.1. The molecule has 0 unspecified atom stereocenters. The number of anilines is 1. The van der Waals surface area contributed by atoms with Crippen LogP contribution in [0.4, 0.5) is 10.5 Å². The summed E-state index contributed by atoms with van der Waals surface area (Å²) < 4.78 is 45.4. The lowest BCUT2D eigenvalue weighted by molar-refractivity contribution is -0.142. The number of halogens is 1. The van der Waals surface area contributed by atoms with Crippen molar-refractivity contribution in [2.24, 2.45) is 11.3 Å². The zero-order valence-electron chi connectivity index (χ0n) is 32.4. The molecule has 2 saturated carbocycles. The van der Waals surface area contributed by atoms with Crippen LogP contribution in [0.1, 0.15) is 52.0 Å². The van der Waals surface area contributed by atoms with E-state index in [4.69, 9.17) is 25.7 Å². The average molecular weight is 821 g/mol. The van der Waals surface area contributed by atoms with E-state index in [2.05, 4.69) is 32.2 Å². The topological polar surface area (TPSA) is 194 Å². The molecular formula is C39H46BClN6O9S. The van der Waals surface area contributed by atoms with E-state index in [0.29, 0.717) is 46.7 Å². The summed E-state index contributed by atoms with van der Waals surface area (Å²) in [7, 11) is -2.41. The van der Waals surface area contributed by atoms with Gasteiger partial charge in [0, 0.05) is 33.8 Å². The molecule has 1 aromatic heterocycles. The molecular weight excluding hydrogens is 775 g/mol. The van der Waals surface area contributed by atoms with Crippen molar-refractivity contribution in [2.75, 3.05) is 19.0 Å². The summed E-state index contributed by atoms with van der Waals surface area (Å²) in [6, 6.07) is 7.71. The summed E-state index contributed by atoms with van der Waals surface area (Å²) >= 11 is 6.36. The number of benzene rings is 2. The third kappa shape index (κ3) is 8.01. The summed E-state index contributed by atoms with van der Waals surface area (Å²) in [5.74, 6) is -1.99. The van der Waals surface area contributed by atoms with E-state index < -0.39 is 74.1 Å². The average Bonchev–Trinajstić information content (AvgIpc) is 4.06. The van der Waals surface area contributed by atoms with Gasteiger partial charge >= 0.3 is 12.9 Å². The van der Waals surface area contributed by atoms with Crippen molar-refractivity contribution in [3.63, 3.8) is 0 Å². The van der Waals surface area contributed by atoms with Gasteiger partial charge in [0.05, 0.1) is 31.7 Å². The van der Waals surface area contributed by atoms with Crippen LogP contribution in [0.2, 0.25) is 11.8 Å². The molecule has 5 amide bonds. The highest BCUT2D eigenvalue weighted by Crippen LogP contribution is 2.46. The van der Waals surface area contributed by atoms with Crippen molar-refractivity contribution >= 4 is 74.2 Å². The monoisotopic (exact) mass is 820 g/mol. The maximum atomic E-state index is 14.8. The Morgan fingerprint density at radius 2 is 1.91 bits per heavy atom. The van der Waals surface area contributed by atoms with Gasteiger partial charge in [-0.1, -0.05) is 57.4 Å². The normalized spacial score (nSPS) is 23.3. The highest BCUT2D eigenvalue weighted by molar-refractivity contribution is 7.91. The number of hydrogen-bond donors (Lipinski definition) is 4. The molecule has 2 aliphatic carbocycles. The maximum Gasteiger partial charge on any atom is 0.324 e. The van der Waals surface area contributed by atoms with Gasteiger partial charge in [-0.15, -0.1) is 6.58 Å². The van der Waals surface area contributed by atoms with Crippen molar-refractivity contribution in [2.45, 2.75) is 88.9 Å². The predicted molar refractivity (Wildman–Crippen MR) is 215 cm³/mol. The van der Waals surface area contributed by atoms with Crippen molar-refractivity contribution in [3.05, 3.63) is 65.8 Å². The summed E-state index contributed by atoms with van der Waals surface area (Å²) in [6.07, 6.45) is 3.19. The maximum absolute atomic E-state index is 14.8. The molecule has 0 radical (unpaired) electrons. The fourth-order valence-electron chi connectivity index (χ4n) is 7.64. The van der Waals surface area contributed by atoms with Crippen molar-refractivity contribution < 1.29 is 41.7 Å². The van der Waals surface area contributed by atoms with E-state index in [1.165, 1.54) is 24.3 Å². The van der Waals surface area contributed by atoms with Gasteiger partial charge in [-0.25, -0.2) is 18.2 Å². The molecule has 4 aliphatic rings. The van der Waals surface area contributed by atoms with Crippen LogP contribution in [-0.4, -0.2) is 91.6 Å². The Balaban J connectivity index is 1.17. The Morgan fingerprint density at radius 3 is 2.58 bits per heavy atom. The van der Waals surface area contributed by atoms with Gasteiger partial charge in [-0.2, -0.15) is 0 Å². The standard InChI is InChI=1S/C39H46BClN6O9S/c1-7-21-17-39(21,36(50)46-57(52,53)24-12-13-24)45-33(48)30-16-23(56-34-26-15-22(41)11-14-25(26)31(54-6)18-42-34)19-47(30)35(49)32(38(2,3)4)44-37(51)43-29-10-8-9-28-27(29)20-55-40(28)5/h7-11,14-15,18,21,23-24,30,32H,1,12-13,16-17,19-20H2,2-6H3,(H,45,48)(H,46,50)(H2,43,44,51)/t21-,23-,30+,32-,39-/m1/s1. The van der Waals surface area contributed by atoms with E-state index in [-0.39, 0.29) is 32.2 Å². The second kappa shape index (κ2) is 15.1. The zero-order chi connectivity index (χ0) is 41.0. The number of carbonyl (C=O) groups excluding carboxylic acids is 4. The minimum absolute atomic E-state index is 0.0262. The lowest BCUT2D eigenvalue weighted by Crippen LogP contribution is -2.60. The van der Waals surface area contributed by atoms with E-state index in [1.807, 2.05) is 19.0 Å². The lowest BCUT2D eigenvalue weighted by Gasteiger charge is -2.35. The number of amides is 5. The number of fused-ring (bicyclic) bond motifs is 2. The Morgan fingerprint density at radius 1 is 1.16 bits per heavy atom. The van der Waals surface area contributed by atoms with Gasteiger partial charge in [0.25, 0.3) is 5.91 Å². The van der Waals surface area contributed by atoms with Crippen molar-refractivity contribution in [3.8, 4) is 11.6 Å². The van der Waals surface area contributed by atoms with E-state index in [0.717, 1.165) is 11.0 Å². The number of carbonyl (C=O) groups is 4. The van der Waals surface area contributed by atoms with Gasteiger partial charge in [0.2, 0.25) is 27.7 Å². The van der Waals surface area contributed by atoms with E-state index >= 15 is 0 Å². The first-order valence-electron chi connectivity index (χ1n) is 18.9. The lowest BCUT2D eigenvalue weighted by atomic mass is 9.64. The molecule has 0 bridgehead atoms. The van der Waals surface area contributed by atoms with Crippen LogP contribution in [0.25, 0.3) is 10.8 Å². The fourth-order valence-corrected chi connectivity index (χ4v) is 9.17. The Bertz CT molecular complexity index is 2270. The van der Waals surface area contributed by atoms with Gasteiger partial charge in [0.1, 0.15) is 29.5 Å². The fraction of sp³-hybridized carbons (Fsp3) is 0.462. The van der Waals surface area contributed by atoms with Crippen LogP contribution < -0.4 is 35.6 Å². The Hall–Kier alpha value is -4.87. The first-order chi connectivity index (χ1) is 26.9. The number of ether oxygens (including phenoxy) is 2. The number of aromatic nitrogens is 1. The minimum Gasteiger partial charge on any atom is -0.494 e. The van der Waals surface area contributed by atoms with Crippen LogP contribution in [0.5, 0.6) is 11.6 Å². The van der Waals surface area contributed by atoms with Gasteiger partial charge < -0.3 is 35.0 Å². The van der Waals surface area contributed by atoms with Gasteiger partial charge in [-0.3, -0.25) is 19.1 Å². The molecule has 2 aromatic carbocycles. The largest absolute Gasteiger partial charge is 0.494 e. The highest BCUT2D eigenvalue weighted by atomic mass is 35.5. The minimum atomic E-state index is -3.93. The second-order valence-corrected chi connectivity index (χ2v) is 18.6. The molecule has 4 N–H and O–H groups in total. The molecule has 15 nitrogen and oxygen atoms in total. The van der Waals surface area contributed by atoms with Gasteiger partial charge in [-0.05, 0) is 60.0 Å². The number of hydrogen-bond acceptors (Lipinski definition) is 10. The third-order valence-corrected chi connectivity index (χ3v) is 13.2. The van der Waals surface area contributed by atoms with Crippen LogP contribution in [0, 0.1) is 11.3 Å². The number of methoxy groups -OCH3 is 1. The molecule has 7 rings (SSSR count). The molecule has 3 heterocycles. The van der Waals surface area contributed by atoms with Crippen LogP contribution in [0.3, 0.4) is 0 Å². The summed E-state index contributed by atoms with van der Waals surface area (Å²) in [5.41, 5.74) is -0.0817. The zero-order valence-corrected chi connectivity index (χ0v) is 34.0. The quantitative estimate of drug-likeness (QED) is 0.155. The first kappa shape index (κ1) is 40.3. The van der Waals surface area contributed by atoms with E-state index in [9.17, 15) is 27.6 Å². The molecule has 3 fully saturated rings. The number of urea groups is 1. The number of pyridine rings is 1. The molecule has 302 valence electrons. The summed E-state index contributed by atoms with van der Waals surface area (Å²) in [4.78, 5) is 62.2. The molecule has 1 saturated heterocycles. The number of sulfonamides is 1. The molecule has 2 aliphatic heterocycles. The van der Waals surface area contributed by atoms with Crippen molar-refractivity contribution in [1.82, 2.24) is 25.2 Å². The molecule has 3 aromatic rings. The summed E-state index contributed by atoms with van der Waals surface area (Å²) in [6.45, 7) is 11.2. The SMILES string of the molecule is C=C[C@@H]1C[C@]1(NC(=O)[C@@H]1C[C@@H](Oc2ncc(OC)c3ccc(Cl)cc23)CN1C(=O)[C@@H](NC(=O)Nc1cccc2c1COB2C)C(C)(C)C)C(=O)NS(=O)(=O)C1CC1. The molecule has 5 atom stereocenters. The number of rotatable bonds is 12. The Kier molecular flexibility index (Phi) is 10.7. The number of likely N-dealkylation sites (tertiary alicyclic amines) is 1. The molecule has 57 heavy (non-hydrogen) atoms. The van der Waals surface area contributed by atoms with Crippen LogP contribution in [-0.2, 0) is 35.7 Å². The number of nitrogens with one attached hydrogen (secondary N) is 4. The van der Waals surface area contributed by atoms with Crippen LogP contribution in [0.15, 0.2) is 55.3 Å². The number of nitrogens with zero attached hydrogens (tertiary/aromatic N) is 2. The van der Waals surface area contributed by atoms with E-state index in [1.54, 1.807) is 45.0 Å². The van der Waals surface area contributed by atoms with Gasteiger partial charge in [0.15, 0.2) is 0 Å². The predicted octanol–water partition coefficient (Wildman–Crippen LogP) is 3.51. The second-order valence-electron chi connectivity index (χ2n) is 16.2. The van der Waals surface area contributed by atoms with Crippen LogP contribution >= 0.6 is 11.6 Å². The van der Waals surface area contributed by atoms with Crippen molar-refractivity contribution in [1.29, 1.82) is 0 Å². The summed E-state index contributed by atoms with van der Waals surface area (Å²) in [5, 5.41) is 9.51. The highest BCUT2D eigenvalue weighted by Gasteiger charge is 2.62.